The Morgan fingerprint density at radius 2 is 1.92 bits per heavy atom. The summed E-state index contributed by atoms with van der Waals surface area (Å²) in [5.74, 6) is 0.824. The molecule has 1 amide bonds. The lowest BCUT2D eigenvalue weighted by Crippen LogP contribution is -2.24. The van der Waals surface area contributed by atoms with E-state index in [9.17, 15) is 4.79 Å². The number of aryl methyl sites for hydroxylation is 1. The molecule has 0 aliphatic heterocycles. The van der Waals surface area contributed by atoms with Gasteiger partial charge in [0.2, 0.25) is 0 Å². The van der Waals surface area contributed by atoms with Crippen LogP contribution in [-0.2, 0) is 4.79 Å². The highest BCUT2D eigenvalue weighted by Gasteiger charge is 2.06. The summed E-state index contributed by atoms with van der Waals surface area (Å²) in [4.78, 5) is 11.8. The molecule has 2 rings (SSSR count). The van der Waals surface area contributed by atoms with E-state index in [1.54, 1.807) is 6.21 Å². The van der Waals surface area contributed by atoms with Gasteiger partial charge in [0.1, 0.15) is 5.75 Å². The molecule has 0 unspecified atom stereocenters. The van der Waals surface area contributed by atoms with E-state index in [2.05, 4.69) is 29.6 Å². The Balaban J connectivity index is 1.74. The number of hydrogen-bond acceptors (Lipinski definition) is 3. The Bertz CT molecular complexity index is 696. The Labute approximate surface area is 143 Å². The number of rotatable bonds is 7. The second kappa shape index (κ2) is 8.87. The topological polar surface area (TPSA) is 50.7 Å². The van der Waals surface area contributed by atoms with Crippen molar-refractivity contribution in [2.75, 3.05) is 6.61 Å². The van der Waals surface area contributed by atoms with Crippen LogP contribution in [0.25, 0.3) is 0 Å². The van der Waals surface area contributed by atoms with Crippen molar-refractivity contribution in [3.05, 3.63) is 65.2 Å². The van der Waals surface area contributed by atoms with Gasteiger partial charge in [-0.1, -0.05) is 49.4 Å². The van der Waals surface area contributed by atoms with Crippen LogP contribution >= 0.6 is 0 Å². The van der Waals surface area contributed by atoms with Gasteiger partial charge in [-0.2, -0.15) is 5.10 Å². The molecule has 0 spiro atoms. The molecule has 0 aliphatic carbocycles. The van der Waals surface area contributed by atoms with E-state index in [1.165, 1.54) is 5.56 Å². The molecule has 0 aliphatic rings. The predicted octanol–water partition coefficient (Wildman–Crippen LogP) is 3.98. The molecule has 24 heavy (non-hydrogen) atoms. The van der Waals surface area contributed by atoms with Crippen LogP contribution in [0.2, 0.25) is 0 Å². The average Bonchev–Trinajstić information content (AvgIpc) is 2.60. The number of amides is 1. The third kappa shape index (κ3) is 5.23. The number of hydrazone groups is 1. The minimum absolute atomic E-state index is 0.0458. The molecule has 1 atom stereocenters. The summed E-state index contributed by atoms with van der Waals surface area (Å²) in [7, 11) is 0. The number of carbonyl (C=O) groups excluding carboxylic acids is 1. The van der Waals surface area contributed by atoms with E-state index in [4.69, 9.17) is 4.74 Å². The summed E-state index contributed by atoms with van der Waals surface area (Å²) in [6.45, 7) is 6.08. The molecule has 4 heteroatoms. The Kier molecular flexibility index (Phi) is 6.55. The van der Waals surface area contributed by atoms with Crippen molar-refractivity contribution in [2.45, 2.75) is 33.1 Å². The lowest BCUT2D eigenvalue weighted by molar-refractivity contribution is -0.123. The summed E-state index contributed by atoms with van der Waals surface area (Å²) < 4.78 is 5.54. The molecule has 2 aromatic rings. The standard InChI is InChI=1S/C20H24N2O2/c1-15-8-7-11-19(17(15)3)24-14-20(23)22-21-13-12-16(2)18-9-5-4-6-10-18/h4-11,13,16H,12,14H2,1-3H3,(H,22,23)/b21-13-/t16-/m1/s1. The van der Waals surface area contributed by atoms with E-state index in [1.807, 2.05) is 50.2 Å². The highest BCUT2D eigenvalue weighted by Crippen LogP contribution is 2.20. The predicted molar refractivity (Wildman–Crippen MR) is 97.5 cm³/mol. The zero-order valence-electron chi connectivity index (χ0n) is 14.5. The molecule has 0 saturated heterocycles. The Morgan fingerprint density at radius 1 is 1.17 bits per heavy atom. The number of carbonyl (C=O) groups is 1. The summed E-state index contributed by atoms with van der Waals surface area (Å²) >= 11 is 0. The molecule has 0 aromatic heterocycles. The van der Waals surface area contributed by atoms with Crippen molar-refractivity contribution in [2.24, 2.45) is 5.10 Å². The van der Waals surface area contributed by atoms with Crippen LogP contribution in [0, 0.1) is 13.8 Å². The minimum atomic E-state index is -0.264. The normalized spacial score (nSPS) is 12.1. The van der Waals surface area contributed by atoms with E-state index < -0.39 is 0 Å². The molecule has 2 aromatic carbocycles. The summed E-state index contributed by atoms with van der Waals surface area (Å²) in [6, 6.07) is 16.0. The van der Waals surface area contributed by atoms with E-state index in [0.717, 1.165) is 23.3 Å². The Hall–Kier alpha value is -2.62. The molecule has 0 bridgehead atoms. The number of nitrogens with one attached hydrogen (secondary N) is 1. The quantitative estimate of drug-likeness (QED) is 0.619. The van der Waals surface area contributed by atoms with E-state index in [-0.39, 0.29) is 12.5 Å². The minimum Gasteiger partial charge on any atom is -0.483 e. The van der Waals surface area contributed by atoms with E-state index in [0.29, 0.717) is 5.92 Å². The van der Waals surface area contributed by atoms with Gasteiger partial charge in [0.25, 0.3) is 5.91 Å². The van der Waals surface area contributed by atoms with Crippen molar-refractivity contribution in [1.29, 1.82) is 0 Å². The first-order valence-electron chi connectivity index (χ1n) is 8.12. The summed E-state index contributed by atoms with van der Waals surface area (Å²) in [6.07, 6.45) is 2.50. The largest absolute Gasteiger partial charge is 0.483 e. The van der Waals surface area contributed by atoms with Gasteiger partial charge >= 0.3 is 0 Å². The number of hydrogen-bond donors (Lipinski definition) is 1. The second-order valence-corrected chi connectivity index (χ2v) is 5.88. The smallest absolute Gasteiger partial charge is 0.277 e. The van der Waals surface area contributed by atoms with Crippen LogP contribution < -0.4 is 10.2 Å². The highest BCUT2D eigenvalue weighted by molar-refractivity contribution is 5.78. The highest BCUT2D eigenvalue weighted by atomic mass is 16.5. The van der Waals surface area contributed by atoms with Crippen LogP contribution in [0.4, 0.5) is 0 Å². The molecular weight excluding hydrogens is 300 g/mol. The lowest BCUT2D eigenvalue weighted by atomic mass is 9.99. The lowest BCUT2D eigenvalue weighted by Gasteiger charge is -2.10. The van der Waals surface area contributed by atoms with Gasteiger partial charge in [0, 0.05) is 6.21 Å². The molecular formula is C20H24N2O2. The van der Waals surface area contributed by atoms with Gasteiger partial charge in [-0.05, 0) is 48.9 Å². The second-order valence-electron chi connectivity index (χ2n) is 5.88. The van der Waals surface area contributed by atoms with Crippen molar-refractivity contribution >= 4 is 12.1 Å². The number of nitrogens with zero attached hydrogens (tertiary/aromatic N) is 1. The fourth-order valence-electron chi connectivity index (χ4n) is 2.30. The van der Waals surface area contributed by atoms with Gasteiger partial charge in [0.15, 0.2) is 6.61 Å². The first-order chi connectivity index (χ1) is 11.6. The van der Waals surface area contributed by atoms with Crippen molar-refractivity contribution in [3.63, 3.8) is 0 Å². The molecule has 0 saturated carbocycles. The molecule has 1 N–H and O–H groups in total. The molecule has 0 fully saturated rings. The summed E-state index contributed by atoms with van der Waals surface area (Å²) in [5.41, 5.74) is 5.94. The fourth-order valence-corrected chi connectivity index (χ4v) is 2.30. The zero-order valence-corrected chi connectivity index (χ0v) is 14.5. The number of ether oxygens (including phenoxy) is 1. The average molecular weight is 324 g/mol. The molecule has 0 radical (unpaired) electrons. The first kappa shape index (κ1) is 17.7. The SMILES string of the molecule is Cc1cccc(OCC(=O)N/N=C\C[C@@H](C)c2ccccc2)c1C. The maximum atomic E-state index is 11.8. The van der Waals surface area contributed by atoms with Gasteiger partial charge in [-0.25, -0.2) is 5.43 Å². The van der Waals surface area contributed by atoms with Crippen LogP contribution in [0.5, 0.6) is 5.75 Å². The first-order valence-corrected chi connectivity index (χ1v) is 8.12. The van der Waals surface area contributed by atoms with Crippen molar-refractivity contribution in [3.8, 4) is 5.75 Å². The maximum absolute atomic E-state index is 11.8. The Morgan fingerprint density at radius 3 is 2.67 bits per heavy atom. The maximum Gasteiger partial charge on any atom is 0.277 e. The number of benzene rings is 2. The van der Waals surface area contributed by atoms with Crippen LogP contribution in [0.15, 0.2) is 53.6 Å². The van der Waals surface area contributed by atoms with Crippen LogP contribution in [0.3, 0.4) is 0 Å². The third-order valence-corrected chi connectivity index (χ3v) is 4.02. The summed E-state index contributed by atoms with van der Waals surface area (Å²) in [5, 5.41) is 3.98. The van der Waals surface area contributed by atoms with Gasteiger partial charge in [0.05, 0.1) is 0 Å². The molecule has 0 heterocycles. The van der Waals surface area contributed by atoms with E-state index >= 15 is 0 Å². The van der Waals surface area contributed by atoms with Crippen molar-refractivity contribution < 1.29 is 9.53 Å². The monoisotopic (exact) mass is 324 g/mol. The zero-order chi connectivity index (χ0) is 17.4. The van der Waals surface area contributed by atoms with Crippen LogP contribution in [-0.4, -0.2) is 18.7 Å². The third-order valence-electron chi connectivity index (χ3n) is 4.02. The molecule has 126 valence electrons. The van der Waals surface area contributed by atoms with Gasteiger partial charge < -0.3 is 4.74 Å². The van der Waals surface area contributed by atoms with Crippen molar-refractivity contribution in [1.82, 2.24) is 5.43 Å². The van der Waals surface area contributed by atoms with Gasteiger partial charge in [-0.3, -0.25) is 4.79 Å². The van der Waals surface area contributed by atoms with Gasteiger partial charge in [-0.15, -0.1) is 0 Å². The molecule has 4 nitrogen and oxygen atoms in total. The van der Waals surface area contributed by atoms with Crippen LogP contribution in [0.1, 0.15) is 36.0 Å². The fraction of sp³-hybridized carbons (Fsp3) is 0.300.